The Morgan fingerprint density at radius 1 is 1.33 bits per heavy atom. The van der Waals surface area contributed by atoms with E-state index in [4.69, 9.17) is 5.73 Å². The van der Waals surface area contributed by atoms with Crippen LogP contribution in [-0.2, 0) is 16.1 Å². The van der Waals surface area contributed by atoms with Gasteiger partial charge in [0, 0.05) is 6.04 Å². The number of carbonyl (C=O) groups is 1. The zero-order valence-corrected chi connectivity index (χ0v) is 10.9. The predicted octanol–water partition coefficient (Wildman–Crippen LogP) is 1.40. The molecule has 1 aliphatic heterocycles. The van der Waals surface area contributed by atoms with E-state index in [2.05, 4.69) is 16.7 Å². The van der Waals surface area contributed by atoms with Crippen molar-refractivity contribution in [2.24, 2.45) is 5.73 Å². The van der Waals surface area contributed by atoms with Crippen molar-refractivity contribution >= 4 is 6.47 Å². The van der Waals surface area contributed by atoms with Gasteiger partial charge in [-0.3, -0.25) is 4.79 Å². The first-order chi connectivity index (χ1) is 8.72. The third-order valence-electron chi connectivity index (χ3n) is 2.92. The Hall–Kier alpha value is -1.39. The van der Waals surface area contributed by atoms with Gasteiger partial charge in [-0.15, -0.1) is 0 Å². The third kappa shape index (κ3) is 6.37. The van der Waals surface area contributed by atoms with Crippen LogP contribution in [0.15, 0.2) is 30.3 Å². The standard InChI is InChI=1S/C8H8O2.C6H14N2/c9-7-10-6-8-4-2-1-3-5-8;1-8-4-2-6(7)3-5-8/h1-5,7H,6H2;6H,2-5,7H2,1H3. The summed E-state index contributed by atoms with van der Waals surface area (Å²) in [5, 5.41) is 0. The van der Waals surface area contributed by atoms with Gasteiger partial charge in [0.25, 0.3) is 6.47 Å². The first kappa shape index (κ1) is 14.7. The zero-order valence-electron chi connectivity index (χ0n) is 10.9. The number of rotatable bonds is 3. The van der Waals surface area contributed by atoms with Gasteiger partial charge < -0.3 is 15.4 Å². The highest BCUT2D eigenvalue weighted by atomic mass is 16.5. The lowest BCUT2D eigenvalue weighted by Crippen LogP contribution is -2.37. The number of hydrogen-bond acceptors (Lipinski definition) is 4. The first-order valence-electron chi connectivity index (χ1n) is 6.25. The molecule has 0 radical (unpaired) electrons. The van der Waals surface area contributed by atoms with Gasteiger partial charge in [-0.1, -0.05) is 30.3 Å². The summed E-state index contributed by atoms with van der Waals surface area (Å²) < 4.78 is 4.54. The second-order valence-corrected chi connectivity index (χ2v) is 4.53. The average molecular weight is 250 g/mol. The molecule has 0 spiro atoms. The molecule has 1 aliphatic rings. The topological polar surface area (TPSA) is 55.6 Å². The van der Waals surface area contributed by atoms with Crippen LogP contribution in [0.25, 0.3) is 0 Å². The molecule has 1 aromatic carbocycles. The smallest absolute Gasteiger partial charge is 0.293 e. The summed E-state index contributed by atoms with van der Waals surface area (Å²) in [5.74, 6) is 0. The average Bonchev–Trinajstić information content (AvgIpc) is 2.42. The summed E-state index contributed by atoms with van der Waals surface area (Å²) in [6.07, 6.45) is 2.35. The van der Waals surface area contributed by atoms with Gasteiger partial charge in [0.2, 0.25) is 0 Å². The van der Waals surface area contributed by atoms with Crippen molar-refractivity contribution in [3.05, 3.63) is 35.9 Å². The molecule has 0 unspecified atom stereocenters. The summed E-state index contributed by atoms with van der Waals surface area (Å²) in [4.78, 5) is 12.1. The zero-order chi connectivity index (χ0) is 13.2. The van der Waals surface area contributed by atoms with E-state index in [0.717, 1.165) is 5.56 Å². The maximum atomic E-state index is 9.76. The van der Waals surface area contributed by atoms with E-state index >= 15 is 0 Å². The minimum absolute atomic E-state index is 0.365. The van der Waals surface area contributed by atoms with E-state index in [1.54, 1.807) is 0 Å². The molecule has 0 aliphatic carbocycles. The Morgan fingerprint density at radius 3 is 2.44 bits per heavy atom. The molecule has 0 bridgehead atoms. The second kappa shape index (κ2) is 8.66. The van der Waals surface area contributed by atoms with Crippen molar-refractivity contribution in [1.82, 2.24) is 4.90 Å². The lowest BCUT2D eigenvalue weighted by Gasteiger charge is -2.25. The Bertz CT molecular complexity index is 312. The molecular weight excluding hydrogens is 228 g/mol. The second-order valence-electron chi connectivity index (χ2n) is 4.53. The summed E-state index contributed by atoms with van der Waals surface area (Å²) in [6, 6.07) is 10.0. The number of likely N-dealkylation sites (tertiary alicyclic amines) is 1. The van der Waals surface area contributed by atoms with Crippen LogP contribution in [0.4, 0.5) is 0 Å². The fourth-order valence-electron chi connectivity index (χ4n) is 1.73. The molecule has 2 rings (SSSR count). The lowest BCUT2D eigenvalue weighted by molar-refractivity contribution is -0.129. The number of hydrogen-bond donors (Lipinski definition) is 1. The highest BCUT2D eigenvalue weighted by Crippen LogP contribution is 2.04. The molecule has 1 saturated heterocycles. The third-order valence-corrected chi connectivity index (χ3v) is 2.92. The summed E-state index contributed by atoms with van der Waals surface area (Å²) in [5.41, 5.74) is 6.68. The summed E-state index contributed by atoms with van der Waals surface area (Å²) in [7, 11) is 2.14. The normalized spacial score (nSPS) is 16.6. The molecule has 100 valence electrons. The van der Waals surface area contributed by atoms with Crippen LogP contribution in [0.3, 0.4) is 0 Å². The molecule has 0 atom stereocenters. The summed E-state index contributed by atoms with van der Waals surface area (Å²) in [6.45, 7) is 3.18. The molecule has 2 N–H and O–H groups in total. The van der Waals surface area contributed by atoms with Gasteiger partial charge in [-0.2, -0.15) is 0 Å². The maximum Gasteiger partial charge on any atom is 0.293 e. The van der Waals surface area contributed by atoms with Gasteiger partial charge in [-0.05, 0) is 38.5 Å². The monoisotopic (exact) mass is 250 g/mol. The van der Waals surface area contributed by atoms with E-state index in [9.17, 15) is 4.79 Å². The minimum atomic E-state index is 0.365. The molecule has 1 heterocycles. The van der Waals surface area contributed by atoms with Crippen molar-refractivity contribution in [1.29, 1.82) is 0 Å². The van der Waals surface area contributed by atoms with E-state index in [-0.39, 0.29) is 0 Å². The Kier molecular flexibility index (Phi) is 7.06. The fourth-order valence-corrected chi connectivity index (χ4v) is 1.73. The molecule has 1 fully saturated rings. The van der Waals surface area contributed by atoms with Crippen LogP contribution >= 0.6 is 0 Å². The molecule has 4 nitrogen and oxygen atoms in total. The van der Waals surface area contributed by atoms with Crippen LogP contribution in [0.2, 0.25) is 0 Å². The highest BCUT2D eigenvalue weighted by molar-refractivity contribution is 5.37. The quantitative estimate of drug-likeness (QED) is 0.824. The highest BCUT2D eigenvalue weighted by Gasteiger charge is 2.11. The number of nitrogens with zero attached hydrogens (tertiary/aromatic N) is 1. The largest absolute Gasteiger partial charge is 0.463 e. The maximum absolute atomic E-state index is 9.76. The molecular formula is C14H22N2O2. The van der Waals surface area contributed by atoms with Crippen molar-refractivity contribution in [3.8, 4) is 0 Å². The van der Waals surface area contributed by atoms with Gasteiger partial charge >= 0.3 is 0 Å². The van der Waals surface area contributed by atoms with Crippen LogP contribution in [0.5, 0.6) is 0 Å². The van der Waals surface area contributed by atoms with Gasteiger partial charge in [0.05, 0.1) is 0 Å². The fraction of sp³-hybridized carbons (Fsp3) is 0.500. The Labute approximate surface area is 109 Å². The van der Waals surface area contributed by atoms with E-state index in [0.29, 0.717) is 19.1 Å². The number of ether oxygens (including phenoxy) is 1. The van der Waals surface area contributed by atoms with E-state index in [1.807, 2.05) is 30.3 Å². The molecule has 1 aromatic rings. The number of piperidine rings is 1. The van der Waals surface area contributed by atoms with Crippen LogP contribution in [0, 0.1) is 0 Å². The van der Waals surface area contributed by atoms with Crippen molar-refractivity contribution in [3.63, 3.8) is 0 Å². The molecule has 0 amide bonds. The van der Waals surface area contributed by atoms with Crippen LogP contribution in [-0.4, -0.2) is 37.6 Å². The van der Waals surface area contributed by atoms with E-state index in [1.165, 1.54) is 25.9 Å². The molecule has 4 heteroatoms. The van der Waals surface area contributed by atoms with Crippen molar-refractivity contribution < 1.29 is 9.53 Å². The molecule has 0 saturated carbocycles. The minimum Gasteiger partial charge on any atom is -0.463 e. The SMILES string of the molecule is CN1CCC(N)CC1.O=COCc1ccccc1. The Morgan fingerprint density at radius 2 is 1.94 bits per heavy atom. The van der Waals surface area contributed by atoms with Crippen molar-refractivity contribution in [2.45, 2.75) is 25.5 Å². The Balaban J connectivity index is 0.000000184. The number of nitrogens with two attached hydrogens (primary N) is 1. The van der Waals surface area contributed by atoms with Crippen molar-refractivity contribution in [2.75, 3.05) is 20.1 Å². The van der Waals surface area contributed by atoms with Gasteiger partial charge in [0.15, 0.2) is 0 Å². The summed E-state index contributed by atoms with van der Waals surface area (Å²) >= 11 is 0. The van der Waals surface area contributed by atoms with E-state index < -0.39 is 0 Å². The number of benzene rings is 1. The van der Waals surface area contributed by atoms with Crippen LogP contribution < -0.4 is 5.73 Å². The molecule has 18 heavy (non-hydrogen) atoms. The predicted molar refractivity (Wildman–Crippen MR) is 72.0 cm³/mol. The molecule has 0 aromatic heterocycles. The van der Waals surface area contributed by atoms with Crippen LogP contribution in [0.1, 0.15) is 18.4 Å². The lowest BCUT2D eigenvalue weighted by atomic mass is 10.1. The van der Waals surface area contributed by atoms with Gasteiger partial charge in [0.1, 0.15) is 6.61 Å². The number of carbonyl (C=O) groups excluding carboxylic acids is 1. The van der Waals surface area contributed by atoms with Gasteiger partial charge in [-0.25, -0.2) is 0 Å². The first-order valence-corrected chi connectivity index (χ1v) is 6.25.